The Morgan fingerprint density at radius 3 is 2.79 bits per heavy atom. The third-order valence-electron chi connectivity index (χ3n) is 4.16. The highest BCUT2D eigenvalue weighted by Gasteiger charge is 2.31. The SMILES string of the molecule is CC(=O)N1CC(CC(=O)Nc2cccc(C#N)c2)c2ccccc21. The van der Waals surface area contributed by atoms with Crippen LogP contribution in [0.4, 0.5) is 11.4 Å². The first-order valence-corrected chi connectivity index (χ1v) is 7.75. The lowest BCUT2D eigenvalue weighted by atomic mass is 9.97. The first-order chi connectivity index (χ1) is 11.6. The maximum Gasteiger partial charge on any atom is 0.225 e. The van der Waals surface area contributed by atoms with E-state index < -0.39 is 0 Å². The monoisotopic (exact) mass is 319 g/mol. The van der Waals surface area contributed by atoms with Crippen molar-refractivity contribution in [2.45, 2.75) is 19.3 Å². The Morgan fingerprint density at radius 2 is 2.04 bits per heavy atom. The van der Waals surface area contributed by atoms with Crippen LogP contribution in [0.25, 0.3) is 0 Å². The Hall–Kier alpha value is -3.13. The number of anilines is 2. The zero-order valence-corrected chi connectivity index (χ0v) is 13.3. The number of hydrogen-bond donors (Lipinski definition) is 1. The topological polar surface area (TPSA) is 73.2 Å². The highest BCUT2D eigenvalue weighted by atomic mass is 16.2. The number of nitriles is 1. The van der Waals surface area contributed by atoms with E-state index in [4.69, 9.17) is 5.26 Å². The fourth-order valence-corrected chi connectivity index (χ4v) is 3.07. The molecule has 1 heterocycles. The molecule has 2 amide bonds. The first-order valence-electron chi connectivity index (χ1n) is 7.75. The van der Waals surface area contributed by atoms with Crippen LogP contribution in [0.2, 0.25) is 0 Å². The summed E-state index contributed by atoms with van der Waals surface area (Å²) in [5.74, 6) is -0.174. The fraction of sp³-hybridized carbons (Fsp3) is 0.211. The van der Waals surface area contributed by atoms with Crippen LogP contribution in [-0.2, 0) is 9.59 Å². The third-order valence-corrected chi connectivity index (χ3v) is 4.16. The quantitative estimate of drug-likeness (QED) is 0.945. The van der Waals surface area contributed by atoms with Crippen LogP contribution >= 0.6 is 0 Å². The molecule has 0 saturated carbocycles. The third kappa shape index (κ3) is 3.13. The van der Waals surface area contributed by atoms with Crippen LogP contribution in [0.3, 0.4) is 0 Å². The molecular formula is C19H17N3O2. The van der Waals surface area contributed by atoms with E-state index in [-0.39, 0.29) is 24.2 Å². The summed E-state index contributed by atoms with van der Waals surface area (Å²) in [6.07, 6.45) is 0.289. The normalized spacial score (nSPS) is 15.5. The largest absolute Gasteiger partial charge is 0.326 e. The van der Waals surface area contributed by atoms with E-state index >= 15 is 0 Å². The minimum atomic E-state index is -0.129. The molecule has 2 aromatic carbocycles. The van der Waals surface area contributed by atoms with E-state index in [1.54, 1.807) is 29.2 Å². The highest BCUT2D eigenvalue weighted by molar-refractivity contribution is 5.96. The minimum absolute atomic E-state index is 0.0212. The van der Waals surface area contributed by atoms with Crippen molar-refractivity contribution in [2.75, 3.05) is 16.8 Å². The van der Waals surface area contributed by atoms with Crippen LogP contribution in [0.1, 0.15) is 30.4 Å². The molecule has 0 spiro atoms. The van der Waals surface area contributed by atoms with Crippen molar-refractivity contribution in [1.29, 1.82) is 5.26 Å². The van der Waals surface area contributed by atoms with Crippen molar-refractivity contribution in [3.63, 3.8) is 0 Å². The van der Waals surface area contributed by atoms with Crippen LogP contribution < -0.4 is 10.2 Å². The van der Waals surface area contributed by atoms with Gasteiger partial charge < -0.3 is 10.2 Å². The van der Waals surface area contributed by atoms with Gasteiger partial charge in [0.15, 0.2) is 0 Å². The zero-order chi connectivity index (χ0) is 17.1. The summed E-state index contributed by atoms with van der Waals surface area (Å²) < 4.78 is 0. The van der Waals surface area contributed by atoms with Gasteiger partial charge in [0.2, 0.25) is 11.8 Å². The van der Waals surface area contributed by atoms with Crippen molar-refractivity contribution in [3.8, 4) is 6.07 Å². The zero-order valence-electron chi connectivity index (χ0n) is 13.3. The number of carbonyl (C=O) groups excluding carboxylic acids is 2. The molecule has 1 N–H and O–H groups in total. The molecular weight excluding hydrogens is 302 g/mol. The van der Waals surface area contributed by atoms with Crippen molar-refractivity contribution in [2.24, 2.45) is 0 Å². The number of nitrogens with zero attached hydrogens (tertiary/aromatic N) is 2. The number of rotatable bonds is 3. The number of para-hydroxylation sites is 1. The van der Waals surface area contributed by atoms with Crippen molar-refractivity contribution in [3.05, 3.63) is 59.7 Å². The summed E-state index contributed by atoms with van der Waals surface area (Å²) in [5, 5.41) is 11.7. The van der Waals surface area contributed by atoms with E-state index in [9.17, 15) is 9.59 Å². The van der Waals surface area contributed by atoms with Gasteiger partial charge in [-0.25, -0.2) is 0 Å². The fourth-order valence-electron chi connectivity index (χ4n) is 3.07. The average Bonchev–Trinajstić information content (AvgIpc) is 2.94. The van der Waals surface area contributed by atoms with Gasteiger partial charge in [-0.2, -0.15) is 5.26 Å². The molecule has 0 fully saturated rings. The molecule has 0 aliphatic carbocycles. The number of hydrogen-bond acceptors (Lipinski definition) is 3. The molecule has 1 aliphatic rings. The van der Waals surface area contributed by atoms with E-state index in [0.717, 1.165) is 11.3 Å². The van der Waals surface area contributed by atoms with Gasteiger partial charge >= 0.3 is 0 Å². The molecule has 5 heteroatoms. The number of carbonyl (C=O) groups is 2. The molecule has 120 valence electrons. The molecule has 1 atom stereocenters. The van der Waals surface area contributed by atoms with Gasteiger partial charge in [-0.05, 0) is 29.8 Å². The second-order valence-electron chi connectivity index (χ2n) is 5.83. The van der Waals surface area contributed by atoms with Gasteiger partial charge in [-0.15, -0.1) is 0 Å². The van der Waals surface area contributed by atoms with Gasteiger partial charge in [0.1, 0.15) is 0 Å². The number of fused-ring (bicyclic) bond motifs is 1. The lowest BCUT2D eigenvalue weighted by molar-refractivity contribution is -0.118. The Morgan fingerprint density at radius 1 is 1.25 bits per heavy atom. The Kier molecular flexibility index (Phi) is 4.30. The van der Waals surface area contributed by atoms with Gasteiger partial charge in [0, 0.05) is 37.2 Å². The summed E-state index contributed by atoms with van der Waals surface area (Å²) >= 11 is 0. The molecule has 24 heavy (non-hydrogen) atoms. The molecule has 0 aromatic heterocycles. The van der Waals surface area contributed by atoms with E-state index in [2.05, 4.69) is 5.32 Å². The van der Waals surface area contributed by atoms with E-state index in [1.165, 1.54) is 6.92 Å². The molecule has 1 unspecified atom stereocenters. The van der Waals surface area contributed by atoms with Crippen LogP contribution in [0.15, 0.2) is 48.5 Å². The van der Waals surface area contributed by atoms with Crippen LogP contribution in [0.5, 0.6) is 0 Å². The summed E-state index contributed by atoms with van der Waals surface area (Å²) in [7, 11) is 0. The molecule has 0 radical (unpaired) electrons. The average molecular weight is 319 g/mol. The smallest absolute Gasteiger partial charge is 0.225 e. The molecule has 0 bridgehead atoms. The lowest BCUT2D eigenvalue weighted by Gasteiger charge is -2.15. The van der Waals surface area contributed by atoms with E-state index in [0.29, 0.717) is 17.8 Å². The van der Waals surface area contributed by atoms with Gasteiger partial charge in [0.05, 0.1) is 11.6 Å². The first kappa shape index (κ1) is 15.8. The van der Waals surface area contributed by atoms with Crippen LogP contribution in [0, 0.1) is 11.3 Å². The van der Waals surface area contributed by atoms with Crippen molar-refractivity contribution in [1.82, 2.24) is 0 Å². The van der Waals surface area contributed by atoms with Crippen molar-refractivity contribution >= 4 is 23.2 Å². The van der Waals surface area contributed by atoms with Gasteiger partial charge in [-0.1, -0.05) is 24.3 Å². The van der Waals surface area contributed by atoms with Gasteiger partial charge in [0.25, 0.3) is 0 Å². The maximum atomic E-state index is 12.4. The Balaban J connectivity index is 1.73. The maximum absolute atomic E-state index is 12.4. The Labute approximate surface area is 140 Å². The Bertz CT molecular complexity index is 839. The number of amides is 2. The molecule has 2 aromatic rings. The lowest BCUT2D eigenvalue weighted by Crippen LogP contribution is -2.28. The summed E-state index contributed by atoms with van der Waals surface area (Å²) in [6.45, 7) is 2.05. The second kappa shape index (κ2) is 6.55. The second-order valence-corrected chi connectivity index (χ2v) is 5.83. The highest BCUT2D eigenvalue weighted by Crippen LogP contribution is 2.38. The molecule has 1 aliphatic heterocycles. The van der Waals surface area contributed by atoms with E-state index in [1.807, 2.05) is 30.3 Å². The molecule has 5 nitrogen and oxygen atoms in total. The summed E-state index contributed by atoms with van der Waals surface area (Å²) in [6, 6.07) is 16.6. The summed E-state index contributed by atoms with van der Waals surface area (Å²) in [4.78, 5) is 25.9. The number of nitrogens with one attached hydrogen (secondary N) is 1. The predicted molar refractivity (Wildman–Crippen MR) is 91.6 cm³/mol. The predicted octanol–water partition coefficient (Wildman–Crippen LogP) is 3.04. The molecule has 3 rings (SSSR count). The van der Waals surface area contributed by atoms with Gasteiger partial charge in [-0.3, -0.25) is 9.59 Å². The summed E-state index contributed by atoms with van der Waals surface area (Å²) in [5.41, 5.74) is 3.01. The standard InChI is InChI=1S/C19H17N3O2/c1-13(23)22-12-15(17-7-2-3-8-18(17)22)10-19(24)21-16-6-4-5-14(9-16)11-20/h2-9,15H,10,12H2,1H3,(H,21,24). The minimum Gasteiger partial charge on any atom is -0.326 e. The van der Waals surface area contributed by atoms with Crippen molar-refractivity contribution < 1.29 is 9.59 Å². The van der Waals surface area contributed by atoms with Crippen LogP contribution in [-0.4, -0.2) is 18.4 Å². The molecule has 0 saturated heterocycles. The number of benzene rings is 2.